The molecule has 6 nitrogen and oxygen atoms in total. The molecule has 0 aromatic carbocycles. The Morgan fingerprint density at radius 3 is 2.96 bits per heavy atom. The lowest BCUT2D eigenvalue weighted by atomic mass is 10.2. The van der Waals surface area contributed by atoms with Gasteiger partial charge in [-0.05, 0) is 19.1 Å². The van der Waals surface area contributed by atoms with Gasteiger partial charge in [0.15, 0.2) is 5.65 Å². The number of carbonyl (C=O) groups excluding carboxylic acids is 1. The second kappa shape index (κ2) is 5.88. The highest BCUT2D eigenvalue weighted by molar-refractivity contribution is 7.18. The van der Waals surface area contributed by atoms with Crippen LogP contribution in [0.3, 0.4) is 0 Å². The van der Waals surface area contributed by atoms with E-state index in [0.29, 0.717) is 22.6 Å². The van der Waals surface area contributed by atoms with Crippen molar-refractivity contribution in [2.75, 3.05) is 0 Å². The molecule has 0 saturated heterocycles. The minimum atomic E-state index is -0.587. The zero-order chi connectivity index (χ0) is 16.6. The molecule has 3 heterocycles. The summed E-state index contributed by atoms with van der Waals surface area (Å²) < 4.78 is 15.6. The molecule has 0 radical (unpaired) electrons. The maximum atomic E-state index is 13.1. The highest BCUT2D eigenvalue weighted by Crippen LogP contribution is 2.29. The van der Waals surface area contributed by atoms with Crippen LogP contribution in [-0.4, -0.2) is 26.7 Å². The van der Waals surface area contributed by atoms with E-state index >= 15 is 0 Å². The average molecular weight is 331 g/mol. The molecule has 8 heteroatoms. The predicted octanol–water partition coefficient (Wildman–Crippen LogP) is 2.40. The van der Waals surface area contributed by atoms with Crippen LogP contribution >= 0.6 is 11.3 Å². The van der Waals surface area contributed by atoms with Crippen molar-refractivity contribution in [3.63, 3.8) is 0 Å². The zero-order valence-corrected chi connectivity index (χ0v) is 13.4. The number of halogens is 1. The molecule has 0 bridgehead atoms. The summed E-state index contributed by atoms with van der Waals surface area (Å²) in [5, 5.41) is 11.2. The van der Waals surface area contributed by atoms with E-state index in [2.05, 4.69) is 15.3 Å². The first kappa shape index (κ1) is 15.3. The fraction of sp³-hybridized carbons (Fsp3) is 0.200. The lowest BCUT2D eigenvalue weighted by Crippen LogP contribution is -2.26. The average Bonchev–Trinajstić information content (AvgIpc) is 3.01. The molecule has 0 saturated carbocycles. The topological polar surface area (TPSA) is 83.7 Å². The van der Waals surface area contributed by atoms with E-state index in [9.17, 15) is 9.18 Å². The molecule has 0 aliphatic heterocycles. The van der Waals surface area contributed by atoms with Gasteiger partial charge >= 0.3 is 0 Å². The van der Waals surface area contributed by atoms with E-state index in [1.165, 1.54) is 23.5 Å². The van der Waals surface area contributed by atoms with Gasteiger partial charge in [0.2, 0.25) is 5.95 Å². The molecule has 1 amide bonds. The summed E-state index contributed by atoms with van der Waals surface area (Å²) in [4.78, 5) is 20.6. The predicted molar refractivity (Wildman–Crippen MR) is 86.6 cm³/mol. The number of thiazole rings is 1. The quantitative estimate of drug-likeness (QED) is 0.569. The number of hydrogen-bond acceptors (Lipinski definition) is 5. The van der Waals surface area contributed by atoms with Crippen molar-refractivity contribution in [1.82, 2.24) is 19.9 Å². The summed E-state index contributed by atoms with van der Waals surface area (Å²) in [5.41, 5.74) is 2.02. The summed E-state index contributed by atoms with van der Waals surface area (Å²) in [6.07, 6.45) is 1.16. The van der Waals surface area contributed by atoms with Crippen LogP contribution in [0.1, 0.15) is 26.8 Å². The van der Waals surface area contributed by atoms with Gasteiger partial charge in [0.25, 0.3) is 5.91 Å². The number of pyridine rings is 1. The number of carbonyl (C=O) groups is 1. The molecular formula is C15H14FN5OS. The number of rotatable bonds is 4. The second-order valence-corrected chi connectivity index (χ2v) is 6.19. The van der Waals surface area contributed by atoms with Crippen molar-refractivity contribution < 1.29 is 9.18 Å². The maximum Gasteiger partial charge on any atom is 0.269 e. The van der Waals surface area contributed by atoms with Crippen LogP contribution in [0.15, 0.2) is 18.2 Å². The summed E-state index contributed by atoms with van der Waals surface area (Å²) in [7, 11) is 1.74. The summed E-state index contributed by atoms with van der Waals surface area (Å²) in [5.74, 6) is -0.934. The van der Waals surface area contributed by atoms with E-state index < -0.39 is 5.95 Å². The van der Waals surface area contributed by atoms with Gasteiger partial charge in [0, 0.05) is 18.8 Å². The Morgan fingerprint density at radius 2 is 2.26 bits per heavy atom. The van der Waals surface area contributed by atoms with Crippen LogP contribution in [0.2, 0.25) is 0 Å². The van der Waals surface area contributed by atoms with Crippen LogP contribution in [0.25, 0.3) is 10.3 Å². The monoisotopic (exact) mass is 331 g/mol. The van der Waals surface area contributed by atoms with Gasteiger partial charge in [-0.1, -0.05) is 6.07 Å². The van der Waals surface area contributed by atoms with Crippen molar-refractivity contribution in [2.45, 2.75) is 13.5 Å². The minimum absolute atomic E-state index is 0.110. The fourth-order valence-electron chi connectivity index (χ4n) is 2.42. The third-order valence-corrected chi connectivity index (χ3v) is 4.42. The third kappa shape index (κ3) is 2.72. The van der Waals surface area contributed by atoms with Crippen molar-refractivity contribution in [2.24, 2.45) is 7.05 Å². The Bertz CT molecular complexity index is 914. The van der Waals surface area contributed by atoms with E-state index in [4.69, 9.17) is 5.41 Å². The molecule has 0 unspecified atom stereocenters. The van der Waals surface area contributed by atoms with Crippen molar-refractivity contribution in [3.05, 3.63) is 46.1 Å². The molecule has 3 aromatic rings. The number of nitrogens with zero attached hydrogens (tertiary/aromatic N) is 3. The lowest BCUT2D eigenvalue weighted by molar-refractivity contribution is 0.0942. The molecule has 0 atom stereocenters. The van der Waals surface area contributed by atoms with E-state index in [1.54, 1.807) is 17.7 Å². The molecule has 3 rings (SSSR count). The first-order valence-electron chi connectivity index (χ1n) is 6.87. The van der Waals surface area contributed by atoms with Gasteiger partial charge in [0.1, 0.15) is 5.69 Å². The van der Waals surface area contributed by atoms with E-state index in [1.807, 2.05) is 6.92 Å². The van der Waals surface area contributed by atoms with E-state index in [-0.39, 0.29) is 12.5 Å². The van der Waals surface area contributed by atoms with Crippen LogP contribution < -0.4 is 5.32 Å². The summed E-state index contributed by atoms with van der Waals surface area (Å²) in [6.45, 7) is 1.99. The fourth-order valence-corrected chi connectivity index (χ4v) is 3.39. The largest absolute Gasteiger partial charge is 0.345 e. The maximum absolute atomic E-state index is 13.1. The standard InChI is InChI=1S/C15H14FN5OS/c1-8-19-14-13(23-8)10(6-17)12(21(14)2)15(22)18-7-9-4-3-5-11(16)20-9/h3-6,17H,7H2,1-2H3,(H,18,22). The Labute approximate surface area is 135 Å². The Morgan fingerprint density at radius 1 is 1.48 bits per heavy atom. The van der Waals surface area contributed by atoms with Crippen LogP contribution in [0, 0.1) is 18.3 Å². The van der Waals surface area contributed by atoms with Crippen LogP contribution in [-0.2, 0) is 13.6 Å². The number of hydrogen-bond donors (Lipinski definition) is 2. The lowest BCUT2D eigenvalue weighted by Gasteiger charge is -2.07. The molecule has 118 valence electrons. The van der Waals surface area contributed by atoms with Gasteiger partial charge in [0.05, 0.1) is 21.9 Å². The number of nitrogens with one attached hydrogen (secondary N) is 2. The van der Waals surface area contributed by atoms with Gasteiger partial charge in [-0.2, -0.15) is 4.39 Å². The van der Waals surface area contributed by atoms with Crippen molar-refractivity contribution >= 4 is 33.8 Å². The molecule has 3 aromatic heterocycles. The van der Waals surface area contributed by atoms with Gasteiger partial charge in [-0.3, -0.25) is 4.79 Å². The summed E-state index contributed by atoms with van der Waals surface area (Å²) >= 11 is 1.45. The third-order valence-electron chi connectivity index (χ3n) is 3.43. The highest BCUT2D eigenvalue weighted by atomic mass is 32.1. The Kier molecular flexibility index (Phi) is 3.91. The zero-order valence-electron chi connectivity index (χ0n) is 12.6. The molecular weight excluding hydrogens is 317 g/mol. The summed E-state index contributed by atoms with van der Waals surface area (Å²) in [6, 6.07) is 4.42. The van der Waals surface area contributed by atoms with Crippen LogP contribution in [0.4, 0.5) is 4.39 Å². The highest BCUT2D eigenvalue weighted by Gasteiger charge is 2.22. The number of aryl methyl sites for hydroxylation is 2. The molecule has 0 spiro atoms. The number of fused-ring (bicyclic) bond motifs is 1. The Hall–Kier alpha value is -2.61. The molecule has 0 fully saturated rings. The first-order valence-corrected chi connectivity index (χ1v) is 7.69. The first-order chi connectivity index (χ1) is 11.0. The Balaban J connectivity index is 1.90. The van der Waals surface area contributed by atoms with Gasteiger partial charge in [-0.15, -0.1) is 11.3 Å². The molecule has 23 heavy (non-hydrogen) atoms. The second-order valence-electron chi connectivity index (χ2n) is 4.99. The molecule has 0 aliphatic carbocycles. The van der Waals surface area contributed by atoms with Crippen molar-refractivity contribution in [1.29, 1.82) is 5.41 Å². The van der Waals surface area contributed by atoms with Crippen LogP contribution in [0.5, 0.6) is 0 Å². The van der Waals surface area contributed by atoms with E-state index in [0.717, 1.165) is 15.9 Å². The van der Waals surface area contributed by atoms with Gasteiger partial charge in [-0.25, -0.2) is 9.97 Å². The van der Waals surface area contributed by atoms with Crippen molar-refractivity contribution in [3.8, 4) is 0 Å². The number of amides is 1. The minimum Gasteiger partial charge on any atom is -0.345 e. The number of aromatic nitrogens is 3. The molecule has 2 N–H and O–H groups in total. The SMILES string of the molecule is Cc1nc2c(s1)c(C=N)c(C(=O)NCc1cccc(F)n1)n2C. The smallest absolute Gasteiger partial charge is 0.269 e. The molecule has 0 aliphatic rings. The normalized spacial score (nSPS) is 10.9. The van der Waals surface area contributed by atoms with Gasteiger partial charge < -0.3 is 15.3 Å².